The number of rotatable bonds is 2. The molecule has 0 unspecified atom stereocenters. The molecule has 4 rings (SSSR count). The van der Waals surface area contributed by atoms with Gasteiger partial charge in [-0.25, -0.2) is 4.68 Å². The zero-order valence-electron chi connectivity index (χ0n) is 13.7. The van der Waals surface area contributed by atoms with Crippen LogP contribution in [0.3, 0.4) is 0 Å². The summed E-state index contributed by atoms with van der Waals surface area (Å²) in [4.78, 5) is 0. The lowest BCUT2D eigenvalue weighted by molar-refractivity contribution is 0.779. The zero-order valence-corrected chi connectivity index (χ0v) is 14.5. The number of anilines is 1. The van der Waals surface area contributed by atoms with Gasteiger partial charge in [0, 0.05) is 22.7 Å². The summed E-state index contributed by atoms with van der Waals surface area (Å²) in [5, 5.41) is 9.32. The Labute approximate surface area is 147 Å². The largest absolute Gasteiger partial charge is 0.370 e. The minimum atomic E-state index is 0.755. The van der Waals surface area contributed by atoms with Crippen molar-refractivity contribution in [2.75, 3.05) is 11.9 Å². The summed E-state index contributed by atoms with van der Waals surface area (Å²) in [6.07, 6.45) is 3.42. The van der Waals surface area contributed by atoms with E-state index in [-0.39, 0.29) is 0 Å². The Kier molecular flexibility index (Phi) is 4.03. The van der Waals surface area contributed by atoms with Gasteiger partial charge in [0.2, 0.25) is 0 Å². The Morgan fingerprint density at radius 3 is 2.71 bits per heavy atom. The lowest BCUT2D eigenvalue weighted by Crippen LogP contribution is -2.08. The van der Waals surface area contributed by atoms with Gasteiger partial charge >= 0.3 is 0 Å². The van der Waals surface area contributed by atoms with Gasteiger partial charge in [-0.15, -0.1) is 0 Å². The van der Waals surface area contributed by atoms with Crippen LogP contribution in [-0.2, 0) is 6.42 Å². The Hall–Kier alpha value is -2.26. The van der Waals surface area contributed by atoms with Crippen LogP contribution in [0.25, 0.3) is 16.9 Å². The molecular formula is C20H20ClN3. The maximum absolute atomic E-state index is 6.13. The first-order valence-electron chi connectivity index (χ1n) is 8.42. The summed E-state index contributed by atoms with van der Waals surface area (Å²) < 4.78 is 2.05. The monoisotopic (exact) mass is 337 g/mol. The van der Waals surface area contributed by atoms with E-state index in [1.807, 2.05) is 24.3 Å². The van der Waals surface area contributed by atoms with E-state index in [9.17, 15) is 0 Å². The minimum absolute atomic E-state index is 0.755. The highest BCUT2D eigenvalue weighted by Gasteiger charge is 2.22. The quantitative estimate of drug-likeness (QED) is 0.692. The molecule has 1 aliphatic heterocycles. The Bertz CT molecular complexity index is 868. The topological polar surface area (TPSA) is 29.9 Å². The number of benzene rings is 2. The zero-order chi connectivity index (χ0) is 16.5. The summed E-state index contributed by atoms with van der Waals surface area (Å²) >= 11 is 6.13. The van der Waals surface area contributed by atoms with Crippen LogP contribution in [0.2, 0.25) is 5.02 Å². The fraction of sp³-hybridized carbons (Fsp3) is 0.250. The predicted octanol–water partition coefficient (Wildman–Crippen LogP) is 5.25. The number of nitrogens with one attached hydrogen (secondary N) is 1. The van der Waals surface area contributed by atoms with E-state index in [0.717, 1.165) is 40.8 Å². The van der Waals surface area contributed by atoms with Crippen LogP contribution >= 0.6 is 11.6 Å². The van der Waals surface area contributed by atoms with Crippen LogP contribution in [0.1, 0.15) is 24.0 Å². The smallest absolute Gasteiger partial charge is 0.133 e. The average molecular weight is 338 g/mol. The maximum Gasteiger partial charge on any atom is 0.133 e. The van der Waals surface area contributed by atoms with Gasteiger partial charge in [-0.3, -0.25) is 0 Å². The van der Waals surface area contributed by atoms with Crippen molar-refractivity contribution in [3.63, 3.8) is 0 Å². The molecule has 0 radical (unpaired) electrons. The van der Waals surface area contributed by atoms with Crippen LogP contribution in [0, 0.1) is 6.92 Å². The molecule has 1 aliphatic rings. The molecule has 3 nitrogen and oxygen atoms in total. The van der Waals surface area contributed by atoms with Crippen molar-refractivity contribution in [2.45, 2.75) is 26.2 Å². The molecule has 0 spiro atoms. The molecule has 0 aliphatic carbocycles. The van der Waals surface area contributed by atoms with E-state index in [1.165, 1.54) is 24.0 Å². The third-order valence-corrected chi connectivity index (χ3v) is 4.80. The van der Waals surface area contributed by atoms with E-state index in [0.29, 0.717) is 0 Å². The highest BCUT2D eigenvalue weighted by atomic mass is 35.5. The van der Waals surface area contributed by atoms with Crippen molar-refractivity contribution < 1.29 is 0 Å². The number of aryl methyl sites for hydroxylation is 1. The van der Waals surface area contributed by atoms with Crippen molar-refractivity contribution in [1.29, 1.82) is 0 Å². The maximum atomic E-state index is 6.13. The molecule has 0 saturated heterocycles. The Morgan fingerprint density at radius 2 is 1.92 bits per heavy atom. The molecule has 0 amide bonds. The van der Waals surface area contributed by atoms with E-state index in [1.54, 1.807) is 0 Å². The number of fused-ring (bicyclic) bond motifs is 1. The average Bonchev–Trinajstić information content (AvgIpc) is 2.78. The van der Waals surface area contributed by atoms with Gasteiger partial charge in [0.05, 0.1) is 11.4 Å². The van der Waals surface area contributed by atoms with Crippen molar-refractivity contribution in [1.82, 2.24) is 9.78 Å². The molecule has 3 aromatic rings. The molecule has 2 heterocycles. The minimum Gasteiger partial charge on any atom is -0.370 e. The highest BCUT2D eigenvalue weighted by Crippen LogP contribution is 2.34. The van der Waals surface area contributed by atoms with Gasteiger partial charge in [0.15, 0.2) is 0 Å². The summed E-state index contributed by atoms with van der Waals surface area (Å²) in [6, 6.07) is 16.4. The third-order valence-electron chi connectivity index (χ3n) is 4.56. The third kappa shape index (κ3) is 2.69. The van der Waals surface area contributed by atoms with Crippen LogP contribution in [0.5, 0.6) is 0 Å². The van der Waals surface area contributed by atoms with Crippen LogP contribution < -0.4 is 5.32 Å². The van der Waals surface area contributed by atoms with Gasteiger partial charge in [0.1, 0.15) is 5.82 Å². The summed E-state index contributed by atoms with van der Waals surface area (Å²) in [5.41, 5.74) is 5.76. The van der Waals surface area contributed by atoms with Crippen LogP contribution in [-0.4, -0.2) is 16.3 Å². The number of halogens is 1. The van der Waals surface area contributed by atoms with Crippen molar-refractivity contribution in [3.8, 4) is 16.9 Å². The summed E-state index contributed by atoms with van der Waals surface area (Å²) in [5.74, 6) is 1.12. The molecule has 0 saturated carbocycles. The molecule has 0 fully saturated rings. The molecule has 0 bridgehead atoms. The first-order valence-corrected chi connectivity index (χ1v) is 8.79. The van der Waals surface area contributed by atoms with Crippen molar-refractivity contribution >= 4 is 17.4 Å². The van der Waals surface area contributed by atoms with E-state index < -0.39 is 0 Å². The second-order valence-corrected chi connectivity index (χ2v) is 6.70. The fourth-order valence-electron chi connectivity index (χ4n) is 3.36. The SMILES string of the molecule is Cc1cc(Cl)ccc1-n1nc(-c2ccccc2)c2c1NCCCC2. The second kappa shape index (κ2) is 6.33. The van der Waals surface area contributed by atoms with Crippen LogP contribution in [0.4, 0.5) is 5.82 Å². The van der Waals surface area contributed by atoms with Crippen molar-refractivity contribution in [2.24, 2.45) is 0 Å². The fourth-order valence-corrected chi connectivity index (χ4v) is 3.59. The van der Waals surface area contributed by atoms with E-state index in [4.69, 9.17) is 16.7 Å². The summed E-state index contributed by atoms with van der Waals surface area (Å²) in [6.45, 7) is 3.06. The lowest BCUT2D eigenvalue weighted by atomic mass is 10.0. The Balaban J connectivity index is 1.93. The molecule has 1 N–H and O–H groups in total. The van der Waals surface area contributed by atoms with Gasteiger partial charge in [-0.2, -0.15) is 5.10 Å². The molecule has 0 atom stereocenters. The second-order valence-electron chi connectivity index (χ2n) is 6.27. The van der Waals surface area contributed by atoms with Crippen molar-refractivity contribution in [3.05, 3.63) is 64.7 Å². The molecule has 2 aromatic carbocycles. The molecule has 4 heteroatoms. The van der Waals surface area contributed by atoms with Crippen LogP contribution in [0.15, 0.2) is 48.5 Å². The number of nitrogens with zero attached hydrogens (tertiary/aromatic N) is 2. The standard InChI is InChI=1S/C20H20ClN3/c1-14-13-16(21)10-11-18(14)24-20-17(9-5-6-12-22-20)19(23-24)15-7-3-2-4-8-15/h2-4,7-8,10-11,13,22H,5-6,9,12H2,1H3. The van der Waals surface area contributed by atoms with Gasteiger partial charge in [-0.05, 0) is 49.9 Å². The van der Waals surface area contributed by atoms with E-state index >= 15 is 0 Å². The predicted molar refractivity (Wildman–Crippen MR) is 100 cm³/mol. The Morgan fingerprint density at radius 1 is 1.08 bits per heavy atom. The highest BCUT2D eigenvalue weighted by molar-refractivity contribution is 6.30. The first-order chi connectivity index (χ1) is 11.7. The van der Waals surface area contributed by atoms with Gasteiger partial charge < -0.3 is 5.32 Å². The van der Waals surface area contributed by atoms with Gasteiger partial charge in [-0.1, -0.05) is 41.9 Å². The normalized spacial score (nSPS) is 13.9. The molecule has 24 heavy (non-hydrogen) atoms. The van der Waals surface area contributed by atoms with E-state index in [2.05, 4.69) is 41.2 Å². The first kappa shape index (κ1) is 15.3. The molecular weight excluding hydrogens is 318 g/mol. The summed E-state index contributed by atoms with van der Waals surface area (Å²) in [7, 11) is 0. The molecule has 1 aromatic heterocycles. The number of hydrogen-bond acceptors (Lipinski definition) is 2. The lowest BCUT2D eigenvalue weighted by Gasteiger charge is -2.11. The number of hydrogen-bond donors (Lipinski definition) is 1. The molecule has 122 valence electrons. The van der Waals surface area contributed by atoms with Gasteiger partial charge in [0.25, 0.3) is 0 Å². The number of aromatic nitrogens is 2.